The normalized spacial score (nSPS) is 10.4. The molecule has 2 rings (SSSR count). The number of rotatable bonds is 3. The lowest BCUT2D eigenvalue weighted by molar-refractivity contribution is 0.920. The summed E-state index contributed by atoms with van der Waals surface area (Å²) >= 11 is 0. The van der Waals surface area contributed by atoms with Gasteiger partial charge in [-0.1, -0.05) is 17.7 Å². The molecule has 16 heavy (non-hydrogen) atoms. The summed E-state index contributed by atoms with van der Waals surface area (Å²) < 4.78 is 2.07. The minimum atomic E-state index is 0.880. The molecule has 0 spiro atoms. The highest BCUT2D eigenvalue weighted by molar-refractivity contribution is 5.52. The molecule has 2 aromatic rings. The second-order valence-electron chi connectivity index (χ2n) is 4.36. The van der Waals surface area contributed by atoms with E-state index in [2.05, 4.69) is 60.4 Å². The van der Waals surface area contributed by atoms with Gasteiger partial charge >= 0.3 is 0 Å². The van der Waals surface area contributed by atoms with Crippen molar-refractivity contribution in [2.45, 2.75) is 20.4 Å². The van der Waals surface area contributed by atoms with Crippen LogP contribution in [0.1, 0.15) is 16.7 Å². The van der Waals surface area contributed by atoms with Crippen LogP contribution in [0.15, 0.2) is 36.7 Å². The van der Waals surface area contributed by atoms with Gasteiger partial charge in [0.15, 0.2) is 0 Å². The molecule has 0 saturated heterocycles. The molecule has 0 saturated carbocycles. The summed E-state index contributed by atoms with van der Waals surface area (Å²) in [7, 11) is 2.04. The van der Waals surface area contributed by atoms with Crippen LogP contribution in [-0.4, -0.2) is 4.57 Å². The third kappa shape index (κ3) is 2.45. The van der Waals surface area contributed by atoms with E-state index in [9.17, 15) is 0 Å². The van der Waals surface area contributed by atoms with Crippen molar-refractivity contribution in [2.75, 3.05) is 5.32 Å². The van der Waals surface area contributed by atoms with Gasteiger partial charge in [0, 0.05) is 31.7 Å². The van der Waals surface area contributed by atoms with Crippen LogP contribution in [0, 0.1) is 13.8 Å². The van der Waals surface area contributed by atoms with E-state index >= 15 is 0 Å². The third-order valence-corrected chi connectivity index (χ3v) is 2.76. The molecule has 1 aromatic carbocycles. The Morgan fingerprint density at radius 1 is 1.19 bits per heavy atom. The van der Waals surface area contributed by atoms with Crippen LogP contribution in [0.5, 0.6) is 0 Å². The standard InChI is InChI=1S/C14H18N2/c1-11-4-5-14(12(2)8-11)15-9-13-6-7-16(3)10-13/h4-8,10,15H,9H2,1-3H3. The summed E-state index contributed by atoms with van der Waals surface area (Å²) in [6, 6.07) is 8.62. The Bertz CT molecular complexity index is 483. The van der Waals surface area contributed by atoms with E-state index in [1.165, 1.54) is 22.4 Å². The lowest BCUT2D eigenvalue weighted by Gasteiger charge is -2.09. The molecule has 0 amide bonds. The minimum Gasteiger partial charge on any atom is -0.381 e. The number of anilines is 1. The molecule has 1 N–H and O–H groups in total. The maximum Gasteiger partial charge on any atom is 0.0415 e. The highest BCUT2D eigenvalue weighted by atomic mass is 14.9. The van der Waals surface area contributed by atoms with Gasteiger partial charge in [-0.2, -0.15) is 0 Å². The first-order valence-corrected chi connectivity index (χ1v) is 5.57. The van der Waals surface area contributed by atoms with Crippen LogP contribution in [-0.2, 0) is 13.6 Å². The first-order chi connectivity index (χ1) is 7.65. The van der Waals surface area contributed by atoms with Gasteiger partial charge < -0.3 is 9.88 Å². The van der Waals surface area contributed by atoms with Crippen LogP contribution >= 0.6 is 0 Å². The molecule has 0 aliphatic carbocycles. The zero-order chi connectivity index (χ0) is 11.5. The number of benzene rings is 1. The van der Waals surface area contributed by atoms with E-state index in [0.717, 1.165) is 6.54 Å². The fraction of sp³-hybridized carbons (Fsp3) is 0.286. The summed E-state index contributed by atoms with van der Waals surface area (Å²) in [5, 5.41) is 3.46. The Morgan fingerprint density at radius 3 is 2.62 bits per heavy atom. The highest BCUT2D eigenvalue weighted by Crippen LogP contribution is 2.16. The topological polar surface area (TPSA) is 17.0 Å². The van der Waals surface area contributed by atoms with Crippen LogP contribution in [0.25, 0.3) is 0 Å². The lowest BCUT2D eigenvalue weighted by atomic mass is 10.1. The second-order valence-corrected chi connectivity index (χ2v) is 4.36. The average molecular weight is 214 g/mol. The number of hydrogen-bond acceptors (Lipinski definition) is 1. The number of hydrogen-bond donors (Lipinski definition) is 1. The van der Waals surface area contributed by atoms with E-state index in [1.54, 1.807) is 0 Å². The first kappa shape index (κ1) is 10.8. The lowest BCUT2D eigenvalue weighted by Crippen LogP contribution is -2.00. The molecule has 1 heterocycles. The number of aryl methyl sites for hydroxylation is 3. The van der Waals surface area contributed by atoms with Crippen molar-refractivity contribution in [1.82, 2.24) is 4.57 Å². The van der Waals surface area contributed by atoms with Crippen LogP contribution in [0.3, 0.4) is 0 Å². The molecule has 0 fully saturated rings. The van der Waals surface area contributed by atoms with Gasteiger partial charge in [0.05, 0.1) is 0 Å². The van der Waals surface area contributed by atoms with Gasteiger partial charge in [0.2, 0.25) is 0 Å². The predicted octanol–water partition coefficient (Wildman–Crippen LogP) is 3.25. The third-order valence-electron chi connectivity index (χ3n) is 2.76. The van der Waals surface area contributed by atoms with E-state index in [1.807, 2.05) is 7.05 Å². The van der Waals surface area contributed by atoms with Crippen molar-refractivity contribution >= 4 is 5.69 Å². The van der Waals surface area contributed by atoms with E-state index in [4.69, 9.17) is 0 Å². The summed E-state index contributed by atoms with van der Waals surface area (Å²) in [5.41, 5.74) is 5.13. The Kier molecular flexibility index (Phi) is 3.00. The maximum absolute atomic E-state index is 3.46. The van der Waals surface area contributed by atoms with Crippen molar-refractivity contribution in [3.63, 3.8) is 0 Å². The summed E-state index contributed by atoms with van der Waals surface area (Å²) in [4.78, 5) is 0. The summed E-state index contributed by atoms with van der Waals surface area (Å²) in [6.45, 7) is 5.14. The fourth-order valence-corrected chi connectivity index (χ4v) is 1.87. The Labute approximate surface area is 96.9 Å². The molecule has 0 radical (unpaired) electrons. The summed E-state index contributed by atoms with van der Waals surface area (Å²) in [5.74, 6) is 0. The van der Waals surface area contributed by atoms with E-state index in [0.29, 0.717) is 0 Å². The quantitative estimate of drug-likeness (QED) is 0.830. The average Bonchev–Trinajstić information content (AvgIpc) is 2.63. The van der Waals surface area contributed by atoms with Gasteiger partial charge in [0.25, 0.3) is 0 Å². The van der Waals surface area contributed by atoms with Crippen molar-refractivity contribution in [1.29, 1.82) is 0 Å². The van der Waals surface area contributed by atoms with Crippen molar-refractivity contribution < 1.29 is 0 Å². The molecular formula is C14H18N2. The SMILES string of the molecule is Cc1ccc(NCc2ccn(C)c2)c(C)c1. The molecule has 1 aromatic heterocycles. The Morgan fingerprint density at radius 2 is 2.00 bits per heavy atom. The largest absolute Gasteiger partial charge is 0.381 e. The zero-order valence-electron chi connectivity index (χ0n) is 10.1. The number of nitrogens with zero attached hydrogens (tertiary/aromatic N) is 1. The maximum atomic E-state index is 3.46. The minimum absolute atomic E-state index is 0.880. The predicted molar refractivity (Wildman–Crippen MR) is 68.7 cm³/mol. The van der Waals surface area contributed by atoms with Gasteiger partial charge in [-0.25, -0.2) is 0 Å². The van der Waals surface area contributed by atoms with Gasteiger partial charge in [-0.05, 0) is 37.1 Å². The molecule has 0 atom stereocenters. The van der Waals surface area contributed by atoms with Crippen molar-refractivity contribution in [2.24, 2.45) is 7.05 Å². The van der Waals surface area contributed by atoms with Gasteiger partial charge in [-0.15, -0.1) is 0 Å². The molecule has 0 unspecified atom stereocenters. The second kappa shape index (κ2) is 4.44. The van der Waals surface area contributed by atoms with Crippen LogP contribution in [0.2, 0.25) is 0 Å². The van der Waals surface area contributed by atoms with Crippen molar-refractivity contribution in [3.05, 3.63) is 53.3 Å². The Hall–Kier alpha value is -1.70. The summed E-state index contributed by atoms with van der Waals surface area (Å²) in [6.07, 6.45) is 4.20. The fourth-order valence-electron chi connectivity index (χ4n) is 1.87. The smallest absolute Gasteiger partial charge is 0.0415 e. The molecule has 2 nitrogen and oxygen atoms in total. The molecular weight excluding hydrogens is 196 g/mol. The molecule has 2 heteroatoms. The van der Waals surface area contributed by atoms with E-state index in [-0.39, 0.29) is 0 Å². The van der Waals surface area contributed by atoms with Gasteiger partial charge in [-0.3, -0.25) is 0 Å². The molecule has 84 valence electrons. The van der Waals surface area contributed by atoms with Crippen LogP contribution < -0.4 is 5.32 Å². The highest BCUT2D eigenvalue weighted by Gasteiger charge is 1.99. The monoisotopic (exact) mass is 214 g/mol. The number of aromatic nitrogens is 1. The molecule has 0 aliphatic rings. The van der Waals surface area contributed by atoms with E-state index < -0.39 is 0 Å². The molecule has 0 bridgehead atoms. The van der Waals surface area contributed by atoms with Crippen molar-refractivity contribution in [3.8, 4) is 0 Å². The van der Waals surface area contributed by atoms with Gasteiger partial charge in [0.1, 0.15) is 0 Å². The van der Waals surface area contributed by atoms with Crippen LogP contribution in [0.4, 0.5) is 5.69 Å². The Balaban J connectivity index is 2.04. The number of nitrogens with one attached hydrogen (secondary N) is 1. The first-order valence-electron chi connectivity index (χ1n) is 5.57. The molecule has 0 aliphatic heterocycles. The zero-order valence-corrected chi connectivity index (χ0v) is 10.1.